The number of carbonyl (C=O) groups is 2. The number of carboxylic acids is 1. The van der Waals surface area contributed by atoms with Crippen molar-refractivity contribution in [2.75, 3.05) is 7.05 Å². The van der Waals surface area contributed by atoms with Crippen molar-refractivity contribution in [2.45, 2.75) is 12.5 Å². The Morgan fingerprint density at radius 1 is 1.47 bits per heavy atom. The summed E-state index contributed by atoms with van der Waals surface area (Å²) in [4.78, 5) is 23.2. The first kappa shape index (κ1) is 13.8. The summed E-state index contributed by atoms with van der Waals surface area (Å²) < 4.78 is 0. The van der Waals surface area contributed by atoms with E-state index in [1.807, 2.05) is 0 Å². The molecule has 0 saturated carbocycles. The zero-order valence-electron chi connectivity index (χ0n) is 9.28. The Bertz CT molecular complexity index is 464. The minimum Gasteiger partial charge on any atom is -0.479 e. The van der Waals surface area contributed by atoms with Gasteiger partial charge < -0.3 is 10.0 Å². The van der Waals surface area contributed by atoms with Gasteiger partial charge in [-0.1, -0.05) is 23.2 Å². The zero-order chi connectivity index (χ0) is 13.2. The molecule has 1 aromatic carbocycles. The van der Waals surface area contributed by atoms with Crippen LogP contribution in [0.3, 0.4) is 0 Å². The highest BCUT2D eigenvalue weighted by Gasteiger charge is 2.40. The molecule has 1 N–H and O–H groups in total. The molecule has 0 aromatic heterocycles. The fourth-order valence-electron chi connectivity index (χ4n) is 1.43. The van der Waals surface area contributed by atoms with Crippen LogP contribution in [0.2, 0.25) is 10.0 Å². The van der Waals surface area contributed by atoms with E-state index in [0.29, 0.717) is 11.4 Å². The third-order valence-electron chi connectivity index (χ3n) is 2.73. The molecule has 0 bridgehead atoms. The number of halogens is 2. The normalized spacial score (nSPS) is 13.9. The van der Waals surface area contributed by atoms with E-state index in [1.165, 1.54) is 26.1 Å². The maximum Gasteiger partial charge on any atom is 0.334 e. The van der Waals surface area contributed by atoms with Gasteiger partial charge in [0, 0.05) is 22.7 Å². The number of benzene rings is 1. The second kappa shape index (κ2) is 4.94. The Morgan fingerprint density at radius 3 is 2.53 bits per heavy atom. The molecule has 4 nitrogen and oxygen atoms in total. The molecule has 1 unspecified atom stereocenters. The van der Waals surface area contributed by atoms with Gasteiger partial charge in [-0.05, 0) is 25.1 Å². The van der Waals surface area contributed by atoms with E-state index in [1.54, 1.807) is 6.07 Å². The number of nitrogens with zero attached hydrogens (tertiary/aromatic N) is 1. The Labute approximate surface area is 109 Å². The van der Waals surface area contributed by atoms with Crippen LogP contribution in [0.4, 0.5) is 0 Å². The number of amides is 1. The first-order valence-corrected chi connectivity index (χ1v) is 5.46. The summed E-state index contributed by atoms with van der Waals surface area (Å²) in [7, 11) is 1.37. The van der Waals surface area contributed by atoms with Crippen molar-refractivity contribution in [3.8, 4) is 0 Å². The minimum atomic E-state index is -1.55. The minimum absolute atomic E-state index is 0.244. The first-order valence-electron chi connectivity index (χ1n) is 4.71. The molecule has 1 aromatic rings. The molecule has 1 atom stereocenters. The molecular weight excluding hydrogens is 265 g/mol. The monoisotopic (exact) mass is 275 g/mol. The molecule has 0 spiro atoms. The van der Waals surface area contributed by atoms with Crippen molar-refractivity contribution in [3.05, 3.63) is 33.8 Å². The van der Waals surface area contributed by atoms with Crippen molar-refractivity contribution in [3.63, 3.8) is 0 Å². The van der Waals surface area contributed by atoms with Gasteiger partial charge in [0.05, 0.1) is 0 Å². The van der Waals surface area contributed by atoms with Gasteiger partial charge in [0.15, 0.2) is 5.54 Å². The summed E-state index contributed by atoms with van der Waals surface area (Å²) >= 11 is 11.8. The molecule has 1 amide bonds. The molecule has 92 valence electrons. The molecule has 0 aliphatic carbocycles. The Morgan fingerprint density at radius 2 is 2.06 bits per heavy atom. The van der Waals surface area contributed by atoms with Crippen LogP contribution in [0.25, 0.3) is 0 Å². The van der Waals surface area contributed by atoms with Crippen molar-refractivity contribution in [2.24, 2.45) is 0 Å². The lowest BCUT2D eigenvalue weighted by molar-refractivity contribution is -0.153. The van der Waals surface area contributed by atoms with Gasteiger partial charge in [-0.2, -0.15) is 0 Å². The summed E-state index contributed by atoms with van der Waals surface area (Å²) in [5.41, 5.74) is -1.28. The topological polar surface area (TPSA) is 57.6 Å². The van der Waals surface area contributed by atoms with E-state index < -0.39 is 11.5 Å². The largest absolute Gasteiger partial charge is 0.479 e. The van der Waals surface area contributed by atoms with Gasteiger partial charge in [0.25, 0.3) is 0 Å². The molecule has 0 aliphatic rings. The van der Waals surface area contributed by atoms with E-state index in [-0.39, 0.29) is 10.6 Å². The van der Waals surface area contributed by atoms with Gasteiger partial charge in [0.1, 0.15) is 0 Å². The van der Waals surface area contributed by atoms with Crippen LogP contribution in [0.1, 0.15) is 12.5 Å². The third-order valence-corrected chi connectivity index (χ3v) is 3.30. The van der Waals surface area contributed by atoms with Crippen LogP contribution in [0.5, 0.6) is 0 Å². The number of likely N-dealkylation sites (N-methyl/N-ethyl adjacent to an activating group) is 1. The van der Waals surface area contributed by atoms with E-state index in [9.17, 15) is 14.7 Å². The summed E-state index contributed by atoms with van der Waals surface area (Å²) in [6, 6.07) is 4.49. The number of hydrogen-bond acceptors (Lipinski definition) is 2. The molecule has 0 fully saturated rings. The molecule has 0 heterocycles. The average Bonchev–Trinajstić information content (AvgIpc) is 2.29. The van der Waals surface area contributed by atoms with E-state index in [2.05, 4.69) is 0 Å². The van der Waals surface area contributed by atoms with Gasteiger partial charge in [-0.15, -0.1) is 0 Å². The second-order valence-corrected chi connectivity index (χ2v) is 4.56. The van der Waals surface area contributed by atoms with Crippen LogP contribution in [0.15, 0.2) is 18.2 Å². The lowest BCUT2D eigenvalue weighted by atomic mass is 9.91. The molecule has 0 radical (unpaired) electrons. The maximum absolute atomic E-state index is 11.4. The highest BCUT2D eigenvalue weighted by Crippen LogP contribution is 2.34. The Hall–Kier alpha value is -1.26. The van der Waals surface area contributed by atoms with Gasteiger partial charge in [-0.3, -0.25) is 4.79 Å². The molecule has 0 aliphatic heterocycles. The number of carboxylic acid groups (broad SMARTS) is 1. The predicted octanol–water partition coefficient (Wildman–Crippen LogP) is 2.38. The van der Waals surface area contributed by atoms with Crippen LogP contribution < -0.4 is 0 Å². The molecule has 0 saturated heterocycles. The van der Waals surface area contributed by atoms with Crippen LogP contribution in [-0.2, 0) is 15.1 Å². The highest BCUT2D eigenvalue weighted by atomic mass is 35.5. The van der Waals surface area contributed by atoms with E-state index in [4.69, 9.17) is 23.2 Å². The smallest absolute Gasteiger partial charge is 0.334 e. The number of aliphatic carboxylic acids is 1. The van der Waals surface area contributed by atoms with Crippen molar-refractivity contribution in [1.29, 1.82) is 0 Å². The molecule has 6 heteroatoms. The van der Waals surface area contributed by atoms with E-state index in [0.717, 1.165) is 4.90 Å². The quantitative estimate of drug-likeness (QED) is 0.859. The summed E-state index contributed by atoms with van der Waals surface area (Å²) in [5, 5.41) is 9.90. The van der Waals surface area contributed by atoms with E-state index >= 15 is 0 Å². The van der Waals surface area contributed by atoms with Crippen LogP contribution in [-0.4, -0.2) is 29.4 Å². The highest BCUT2D eigenvalue weighted by molar-refractivity contribution is 6.34. The van der Waals surface area contributed by atoms with Gasteiger partial charge in [-0.25, -0.2) is 4.79 Å². The van der Waals surface area contributed by atoms with Crippen LogP contribution >= 0.6 is 23.2 Å². The van der Waals surface area contributed by atoms with Crippen molar-refractivity contribution < 1.29 is 14.7 Å². The summed E-state index contributed by atoms with van der Waals surface area (Å²) in [6.45, 7) is 1.39. The maximum atomic E-state index is 11.4. The Kier molecular flexibility index (Phi) is 4.01. The average molecular weight is 276 g/mol. The SMILES string of the molecule is CN(C=O)C(C)(C(=O)O)c1cc(Cl)ccc1Cl. The van der Waals surface area contributed by atoms with Crippen molar-refractivity contribution >= 4 is 35.6 Å². The summed E-state index contributed by atoms with van der Waals surface area (Å²) in [5.74, 6) is -1.18. The third kappa shape index (κ3) is 2.37. The molecule has 1 rings (SSSR count). The fourth-order valence-corrected chi connectivity index (χ4v) is 1.91. The van der Waals surface area contributed by atoms with Gasteiger partial charge in [0.2, 0.25) is 6.41 Å². The first-order chi connectivity index (χ1) is 7.83. The van der Waals surface area contributed by atoms with Gasteiger partial charge >= 0.3 is 5.97 Å². The number of carbonyl (C=O) groups excluding carboxylic acids is 1. The standard InChI is InChI=1S/C11H11Cl2NO3/c1-11(10(16)17,14(2)6-15)8-5-7(12)3-4-9(8)13/h3-6H,1-2H3,(H,16,17). The predicted molar refractivity (Wildman–Crippen MR) is 65.3 cm³/mol. The lowest BCUT2D eigenvalue weighted by Gasteiger charge is -2.33. The lowest BCUT2D eigenvalue weighted by Crippen LogP contribution is -2.47. The molecular formula is C11H11Cl2NO3. The van der Waals surface area contributed by atoms with Crippen molar-refractivity contribution in [1.82, 2.24) is 4.90 Å². The second-order valence-electron chi connectivity index (χ2n) is 3.72. The fraction of sp³-hybridized carbons (Fsp3) is 0.273. The number of rotatable bonds is 4. The molecule has 17 heavy (non-hydrogen) atoms. The summed E-state index contributed by atoms with van der Waals surface area (Å²) in [6.07, 6.45) is 0.436. The zero-order valence-corrected chi connectivity index (χ0v) is 10.8. The number of hydrogen-bond donors (Lipinski definition) is 1. The Balaban J connectivity index is 3.47. The van der Waals surface area contributed by atoms with Crippen LogP contribution in [0, 0.1) is 0 Å².